The highest BCUT2D eigenvalue weighted by Gasteiger charge is 2.33. The van der Waals surface area contributed by atoms with Gasteiger partial charge in [0.15, 0.2) is 11.2 Å². The normalized spacial score (nSPS) is 17.8. The van der Waals surface area contributed by atoms with E-state index in [-0.39, 0.29) is 12.5 Å². The summed E-state index contributed by atoms with van der Waals surface area (Å²) >= 11 is 0. The van der Waals surface area contributed by atoms with Gasteiger partial charge in [-0.2, -0.15) is 13.2 Å². The van der Waals surface area contributed by atoms with Gasteiger partial charge >= 0.3 is 24.2 Å². The van der Waals surface area contributed by atoms with Crippen LogP contribution >= 0.6 is 0 Å². The fourth-order valence-corrected chi connectivity index (χ4v) is 6.18. The zero-order valence-corrected chi connectivity index (χ0v) is 31.7. The van der Waals surface area contributed by atoms with Crippen molar-refractivity contribution in [1.82, 2.24) is 10.2 Å². The van der Waals surface area contributed by atoms with Crippen molar-refractivity contribution in [3.05, 3.63) is 94.0 Å². The Hall–Kier alpha value is -4.78. The molecule has 0 radical (unpaired) electrons. The summed E-state index contributed by atoms with van der Waals surface area (Å²) in [5, 5.41) is 21.9. The van der Waals surface area contributed by atoms with Crippen LogP contribution in [0.3, 0.4) is 0 Å². The summed E-state index contributed by atoms with van der Waals surface area (Å²) in [6.45, 7) is 12.8. The second-order valence-electron chi connectivity index (χ2n) is 15.0. The van der Waals surface area contributed by atoms with Crippen molar-refractivity contribution >= 4 is 18.0 Å². The smallest absolute Gasteiger partial charge is 0.416 e. The second kappa shape index (κ2) is 17.6. The number of piperidine rings is 2. The monoisotopic (exact) mass is 756 g/mol. The lowest BCUT2D eigenvalue weighted by Gasteiger charge is -2.33. The number of carboxylic acids is 2. The molecule has 10 nitrogen and oxygen atoms in total. The minimum Gasteiger partial charge on any atom is -0.478 e. The first-order valence-corrected chi connectivity index (χ1v) is 18.1. The van der Waals surface area contributed by atoms with Crippen LogP contribution in [0, 0.1) is 13.8 Å². The third kappa shape index (κ3) is 11.4. The summed E-state index contributed by atoms with van der Waals surface area (Å²) < 4.78 is 54.8. The van der Waals surface area contributed by atoms with Crippen molar-refractivity contribution in [1.29, 1.82) is 0 Å². The molecule has 2 heterocycles. The van der Waals surface area contributed by atoms with Gasteiger partial charge in [-0.05, 0) is 132 Å². The molecule has 294 valence electrons. The highest BCUT2D eigenvalue weighted by Crippen LogP contribution is 2.34. The van der Waals surface area contributed by atoms with Gasteiger partial charge in [-0.15, -0.1) is 0 Å². The lowest BCUT2D eigenvalue weighted by Crippen LogP contribution is -2.39. The first-order chi connectivity index (χ1) is 25.3. The van der Waals surface area contributed by atoms with Crippen LogP contribution in [-0.4, -0.2) is 70.5 Å². The van der Waals surface area contributed by atoms with Gasteiger partial charge in [-0.3, -0.25) is 0 Å². The van der Waals surface area contributed by atoms with E-state index in [9.17, 15) is 37.8 Å². The summed E-state index contributed by atoms with van der Waals surface area (Å²) in [4.78, 5) is 36.8. The van der Waals surface area contributed by atoms with Crippen molar-refractivity contribution in [3.63, 3.8) is 0 Å². The number of aryl methyl sites for hydroxylation is 2. The number of nitrogens with one attached hydrogen (secondary N) is 1. The fraction of sp³-hybridized carbons (Fsp3) is 0.488. The number of hydrogen-bond donors (Lipinski definition) is 3. The van der Waals surface area contributed by atoms with Gasteiger partial charge in [-0.1, -0.05) is 36.4 Å². The number of nitrogens with zero attached hydrogens (tertiary/aromatic N) is 1. The van der Waals surface area contributed by atoms with Crippen molar-refractivity contribution < 1.29 is 52.0 Å². The van der Waals surface area contributed by atoms with Crippen LogP contribution < -0.4 is 14.8 Å². The number of ether oxygens (including phenoxy) is 3. The summed E-state index contributed by atoms with van der Waals surface area (Å²) in [7, 11) is 0. The molecule has 0 aromatic heterocycles. The van der Waals surface area contributed by atoms with Crippen LogP contribution in [0.2, 0.25) is 0 Å². The van der Waals surface area contributed by atoms with E-state index in [0.29, 0.717) is 36.1 Å². The zero-order valence-electron chi connectivity index (χ0n) is 31.7. The molecule has 2 aliphatic rings. The van der Waals surface area contributed by atoms with E-state index in [1.165, 1.54) is 38.0 Å². The standard InChI is InChI=1S/C25H28F3NO5.C16H23NO3/c1-16-6-9-18(13-21(16)34-24(2,3)22(30)31)19-5-4-12-29(14-19)23(32)33-15-17-7-10-20(11-8-17)25(26,27)28;1-11-6-7-12(13-5-4-8-17-10-13)9-14(11)20-16(2,3)15(18)19/h6-11,13,19H,4-5,12,14-15H2,1-3H3,(H,30,31);6-7,9,13,17H,4-5,8,10H2,1-3H3,(H,18,19)/t19-;/m1./s1. The Morgan fingerprint density at radius 1 is 0.778 bits per heavy atom. The maximum atomic E-state index is 12.7. The fourth-order valence-electron chi connectivity index (χ4n) is 6.18. The van der Waals surface area contributed by atoms with E-state index in [0.717, 1.165) is 61.2 Å². The van der Waals surface area contributed by atoms with Crippen LogP contribution in [0.5, 0.6) is 11.5 Å². The molecule has 2 atom stereocenters. The maximum Gasteiger partial charge on any atom is 0.416 e. The van der Waals surface area contributed by atoms with Gasteiger partial charge in [0.05, 0.1) is 5.56 Å². The topological polar surface area (TPSA) is 135 Å². The number of carbonyl (C=O) groups excluding carboxylic acids is 1. The summed E-state index contributed by atoms with van der Waals surface area (Å²) in [5.41, 5.74) is 1.04. The van der Waals surface area contributed by atoms with Crippen LogP contribution in [0.4, 0.5) is 18.0 Å². The third-order valence-corrected chi connectivity index (χ3v) is 9.75. The zero-order chi connectivity index (χ0) is 39.8. The molecule has 0 spiro atoms. The molecule has 3 N–H and O–H groups in total. The number of carbonyl (C=O) groups is 3. The molecule has 0 bridgehead atoms. The molecule has 2 aliphatic heterocycles. The number of alkyl halides is 3. The molecule has 5 rings (SSSR count). The lowest BCUT2D eigenvalue weighted by atomic mass is 9.90. The van der Waals surface area contributed by atoms with Gasteiger partial charge in [0, 0.05) is 25.6 Å². The molecular formula is C41H51F3N2O8. The van der Waals surface area contributed by atoms with E-state index in [1.807, 2.05) is 44.2 Å². The van der Waals surface area contributed by atoms with Crippen LogP contribution in [0.15, 0.2) is 60.7 Å². The van der Waals surface area contributed by atoms with E-state index in [2.05, 4.69) is 11.4 Å². The molecule has 3 aromatic carbocycles. The second-order valence-corrected chi connectivity index (χ2v) is 15.0. The Morgan fingerprint density at radius 2 is 1.30 bits per heavy atom. The molecule has 2 saturated heterocycles. The van der Waals surface area contributed by atoms with Gasteiger partial charge in [0.2, 0.25) is 0 Å². The van der Waals surface area contributed by atoms with Crippen LogP contribution in [0.1, 0.15) is 98.6 Å². The third-order valence-electron chi connectivity index (χ3n) is 9.75. The van der Waals surface area contributed by atoms with Gasteiger partial charge in [0.25, 0.3) is 0 Å². The number of amides is 1. The summed E-state index contributed by atoms with van der Waals surface area (Å²) in [6, 6.07) is 16.3. The average Bonchev–Trinajstić information content (AvgIpc) is 3.12. The number of carboxylic acid groups (broad SMARTS) is 2. The van der Waals surface area contributed by atoms with Crippen LogP contribution in [-0.2, 0) is 27.1 Å². The number of hydrogen-bond acceptors (Lipinski definition) is 7. The van der Waals surface area contributed by atoms with Gasteiger partial charge < -0.3 is 34.6 Å². The largest absolute Gasteiger partial charge is 0.478 e. The van der Waals surface area contributed by atoms with Crippen molar-refractivity contribution in [2.75, 3.05) is 26.2 Å². The molecule has 2 fully saturated rings. The molecule has 1 amide bonds. The highest BCUT2D eigenvalue weighted by atomic mass is 19.4. The number of likely N-dealkylation sites (tertiary alicyclic amines) is 1. The highest BCUT2D eigenvalue weighted by molar-refractivity contribution is 5.77. The molecule has 1 unspecified atom stereocenters. The van der Waals surface area contributed by atoms with E-state index < -0.39 is 41.0 Å². The lowest BCUT2D eigenvalue weighted by molar-refractivity contribution is -0.152. The van der Waals surface area contributed by atoms with Crippen molar-refractivity contribution in [2.45, 2.75) is 103 Å². The number of rotatable bonds is 10. The van der Waals surface area contributed by atoms with Gasteiger partial charge in [0.1, 0.15) is 18.1 Å². The Labute approximate surface area is 314 Å². The number of aliphatic carboxylic acids is 2. The Kier molecular flexibility index (Phi) is 13.7. The Morgan fingerprint density at radius 3 is 1.78 bits per heavy atom. The predicted octanol–water partition coefficient (Wildman–Crippen LogP) is 8.48. The number of benzene rings is 3. The molecule has 54 heavy (non-hydrogen) atoms. The van der Waals surface area contributed by atoms with Gasteiger partial charge in [-0.25, -0.2) is 14.4 Å². The number of halogens is 3. The van der Waals surface area contributed by atoms with Crippen molar-refractivity contribution in [2.24, 2.45) is 0 Å². The van der Waals surface area contributed by atoms with Crippen molar-refractivity contribution in [3.8, 4) is 11.5 Å². The minimum absolute atomic E-state index is 0.0169. The molecule has 3 aromatic rings. The first-order valence-electron chi connectivity index (χ1n) is 18.1. The molecule has 0 aliphatic carbocycles. The van der Waals surface area contributed by atoms with Crippen LogP contribution in [0.25, 0.3) is 0 Å². The predicted molar refractivity (Wildman–Crippen MR) is 197 cm³/mol. The van der Waals surface area contributed by atoms with E-state index in [4.69, 9.17) is 14.2 Å². The first kappa shape index (κ1) is 42.0. The molecule has 0 saturated carbocycles. The van der Waals surface area contributed by atoms with E-state index >= 15 is 0 Å². The SMILES string of the molecule is Cc1ccc(C2CCCNC2)cc1OC(C)(C)C(=O)O.Cc1ccc([C@@H]2CCCN(C(=O)OCc3ccc(C(F)(F)F)cc3)C2)cc1OC(C)(C)C(=O)O. The molecule has 13 heteroatoms. The summed E-state index contributed by atoms with van der Waals surface area (Å²) in [5.74, 6) is -0.381. The Balaban J connectivity index is 0.000000276. The average molecular weight is 757 g/mol. The minimum atomic E-state index is -4.41. The Bertz CT molecular complexity index is 1770. The quantitative estimate of drug-likeness (QED) is 0.186. The maximum absolute atomic E-state index is 12.7. The molecular weight excluding hydrogens is 705 g/mol. The summed E-state index contributed by atoms with van der Waals surface area (Å²) in [6.07, 6.45) is -1.01. The van der Waals surface area contributed by atoms with E-state index in [1.54, 1.807) is 18.7 Å².